The molecule has 0 saturated carbocycles. The summed E-state index contributed by atoms with van der Waals surface area (Å²) in [6.07, 6.45) is -3.97. The summed E-state index contributed by atoms with van der Waals surface area (Å²) in [6.45, 7) is 1.84. The van der Waals surface area contributed by atoms with Gasteiger partial charge in [0.2, 0.25) is 5.95 Å². The lowest BCUT2D eigenvalue weighted by atomic mass is 10.2. The molecule has 8 nitrogen and oxygen atoms in total. The number of piperazine rings is 1. The lowest BCUT2D eigenvalue weighted by Crippen LogP contribution is -2.44. The third kappa shape index (κ3) is 3.57. The number of alkyl halides is 3. The van der Waals surface area contributed by atoms with Crippen molar-refractivity contribution < 1.29 is 27.5 Å². The molecule has 2 unspecified atom stereocenters. The van der Waals surface area contributed by atoms with Crippen molar-refractivity contribution in [3.8, 4) is 0 Å². The molecular formula is C17H14Cl2F3N5O3. The number of furan rings is 1. The van der Waals surface area contributed by atoms with Crippen LogP contribution in [0.4, 0.5) is 24.9 Å². The third-order valence-corrected chi connectivity index (χ3v) is 5.75. The maximum atomic E-state index is 10.6. The quantitative estimate of drug-likeness (QED) is 0.502. The number of hydrogen-bond acceptors (Lipinski definition) is 7. The lowest BCUT2D eigenvalue weighted by Gasteiger charge is -2.28. The van der Waals surface area contributed by atoms with E-state index in [1.165, 1.54) is 0 Å². The Morgan fingerprint density at radius 2 is 2.03 bits per heavy atom. The monoisotopic (exact) mass is 463 g/mol. The van der Waals surface area contributed by atoms with Crippen molar-refractivity contribution in [2.75, 3.05) is 23.7 Å². The molecule has 0 aliphatic carbocycles. The van der Waals surface area contributed by atoms with Gasteiger partial charge in [0.25, 0.3) is 0 Å². The van der Waals surface area contributed by atoms with Gasteiger partial charge in [-0.3, -0.25) is 0 Å². The molecule has 1 aromatic carbocycles. The molecule has 30 heavy (non-hydrogen) atoms. The van der Waals surface area contributed by atoms with E-state index in [-0.39, 0.29) is 5.95 Å². The first kappa shape index (κ1) is 20.8. The molecule has 2 saturated heterocycles. The van der Waals surface area contributed by atoms with Crippen molar-refractivity contribution >= 4 is 63.0 Å². The minimum absolute atomic E-state index is 0.210. The number of benzene rings is 1. The van der Waals surface area contributed by atoms with Crippen LogP contribution in [0.1, 0.15) is 6.42 Å². The summed E-state index contributed by atoms with van der Waals surface area (Å²) in [5.41, 5.74) is 7.82. The number of nitrogens with one attached hydrogen (secondary N) is 1. The van der Waals surface area contributed by atoms with Gasteiger partial charge in [-0.2, -0.15) is 18.2 Å². The molecule has 2 aliphatic heterocycles. The maximum Gasteiger partial charge on any atom is 0.490 e. The van der Waals surface area contributed by atoms with Gasteiger partial charge in [-0.25, -0.2) is 9.78 Å². The summed E-state index contributed by atoms with van der Waals surface area (Å²) in [5, 5.41) is 12.2. The average Bonchev–Trinajstić information content (AvgIpc) is 3.37. The molecule has 4 N–H and O–H groups in total. The zero-order valence-corrected chi connectivity index (χ0v) is 16.5. The van der Waals surface area contributed by atoms with Gasteiger partial charge in [-0.1, -0.05) is 23.2 Å². The molecule has 2 bridgehead atoms. The molecule has 0 radical (unpaired) electrons. The normalized spacial score (nSPS) is 20.6. The number of carboxylic acid groups (broad SMARTS) is 1. The predicted molar refractivity (Wildman–Crippen MR) is 105 cm³/mol. The van der Waals surface area contributed by atoms with Gasteiger partial charge in [0, 0.05) is 25.2 Å². The Hall–Kier alpha value is -2.50. The molecule has 5 rings (SSSR count). The highest BCUT2D eigenvalue weighted by atomic mass is 35.5. The molecular weight excluding hydrogens is 450 g/mol. The predicted octanol–water partition coefficient (Wildman–Crippen LogP) is 3.45. The van der Waals surface area contributed by atoms with Crippen LogP contribution >= 0.6 is 23.2 Å². The Balaban J connectivity index is 0.000000272. The number of rotatable bonds is 1. The van der Waals surface area contributed by atoms with Gasteiger partial charge in [0.1, 0.15) is 11.1 Å². The summed E-state index contributed by atoms with van der Waals surface area (Å²) in [4.78, 5) is 19.9. The first-order valence-corrected chi connectivity index (χ1v) is 9.45. The SMILES string of the molecule is Nc1nc(N2CC3CC2CN3)c2oc3ccc(Cl)c(Cl)c3c2n1.O=C(O)C(F)(F)F. The van der Waals surface area contributed by atoms with Crippen LogP contribution in [0.5, 0.6) is 0 Å². The zero-order valence-electron chi connectivity index (χ0n) is 15.0. The number of hydrogen-bond donors (Lipinski definition) is 3. The molecule has 3 aromatic rings. The van der Waals surface area contributed by atoms with Crippen molar-refractivity contribution in [2.45, 2.75) is 24.7 Å². The highest BCUT2D eigenvalue weighted by molar-refractivity contribution is 6.46. The van der Waals surface area contributed by atoms with Crippen LogP contribution in [0.2, 0.25) is 10.0 Å². The van der Waals surface area contributed by atoms with E-state index in [9.17, 15) is 13.2 Å². The van der Waals surface area contributed by atoms with E-state index in [1.807, 2.05) is 0 Å². The van der Waals surface area contributed by atoms with Gasteiger partial charge >= 0.3 is 12.1 Å². The number of aromatic nitrogens is 2. The smallest absolute Gasteiger partial charge is 0.475 e. The van der Waals surface area contributed by atoms with Crippen LogP contribution in [-0.4, -0.2) is 52.4 Å². The zero-order chi connectivity index (χ0) is 21.8. The van der Waals surface area contributed by atoms with Gasteiger partial charge in [-0.05, 0) is 18.6 Å². The van der Waals surface area contributed by atoms with Crippen LogP contribution < -0.4 is 16.0 Å². The highest BCUT2D eigenvalue weighted by Crippen LogP contribution is 2.41. The van der Waals surface area contributed by atoms with Crippen molar-refractivity contribution in [3.05, 3.63) is 22.2 Å². The Morgan fingerprint density at radius 1 is 1.33 bits per heavy atom. The number of carboxylic acids is 1. The number of nitrogens with two attached hydrogens (primary N) is 1. The summed E-state index contributed by atoms with van der Waals surface area (Å²) in [7, 11) is 0. The topological polar surface area (TPSA) is 118 Å². The molecule has 2 aromatic heterocycles. The van der Waals surface area contributed by atoms with Gasteiger partial charge in [-0.15, -0.1) is 0 Å². The number of nitrogen functional groups attached to an aromatic ring is 1. The Labute approximate surface area is 176 Å². The second kappa shape index (κ2) is 7.33. The summed E-state index contributed by atoms with van der Waals surface area (Å²) < 4.78 is 37.7. The van der Waals surface area contributed by atoms with E-state index in [0.29, 0.717) is 44.2 Å². The van der Waals surface area contributed by atoms with E-state index in [2.05, 4.69) is 20.2 Å². The highest BCUT2D eigenvalue weighted by Gasteiger charge is 2.40. The summed E-state index contributed by atoms with van der Waals surface area (Å²) in [6, 6.07) is 4.41. The fourth-order valence-electron chi connectivity index (χ4n) is 3.68. The lowest BCUT2D eigenvalue weighted by molar-refractivity contribution is -0.192. The number of nitrogens with zero attached hydrogens (tertiary/aromatic N) is 3. The number of halogens is 5. The van der Waals surface area contributed by atoms with E-state index < -0.39 is 12.1 Å². The average molecular weight is 464 g/mol. The van der Waals surface area contributed by atoms with Crippen molar-refractivity contribution in [1.29, 1.82) is 0 Å². The van der Waals surface area contributed by atoms with Crippen molar-refractivity contribution in [1.82, 2.24) is 15.3 Å². The fourth-order valence-corrected chi connectivity index (χ4v) is 4.09. The number of carbonyl (C=O) groups is 1. The van der Waals surface area contributed by atoms with Gasteiger partial charge in [0.05, 0.1) is 15.4 Å². The number of aliphatic carboxylic acids is 1. The second-order valence-electron chi connectivity index (χ2n) is 6.87. The summed E-state index contributed by atoms with van der Waals surface area (Å²) in [5.74, 6) is -1.81. The fraction of sp³-hybridized carbons (Fsp3) is 0.353. The molecule has 160 valence electrons. The molecule has 4 heterocycles. The number of anilines is 2. The van der Waals surface area contributed by atoms with Gasteiger partial charge < -0.3 is 25.5 Å². The molecule has 2 aliphatic rings. The Morgan fingerprint density at radius 3 is 2.60 bits per heavy atom. The molecule has 0 spiro atoms. The standard InChI is InChI=1S/C15H13Cl2N5O.C2HF3O2/c16-8-1-2-9-10(11(8)17)12-13(23-9)14(21-15(18)20-12)22-5-6-3-7(22)4-19-6;3-2(4,5)1(6)7/h1-2,6-7,19H,3-5H2,(H2,18,20,21);(H,6,7). The van der Waals surface area contributed by atoms with Crippen LogP contribution in [-0.2, 0) is 4.79 Å². The molecule has 2 atom stereocenters. The number of fused-ring (bicyclic) bond motifs is 5. The van der Waals surface area contributed by atoms with E-state index in [0.717, 1.165) is 25.3 Å². The first-order valence-electron chi connectivity index (χ1n) is 8.70. The largest absolute Gasteiger partial charge is 0.490 e. The minimum Gasteiger partial charge on any atom is -0.475 e. The maximum absolute atomic E-state index is 10.6. The molecule has 2 fully saturated rings. The van der Waals surface area contributed by atoms with Crippen LogP contribution in [0, 0.1) is 0 Å². The van der Waals surface area contributed by atoms with E-state index in [4.69, 9.17) is 43.3 Å². The third-order valence-electron chi connectivity index (χ3n) is 4.94. The minimum atomic E-state index is -5.08. The summed E-state index contributed by atoms with van der Waals surface area (Å²) >= 11 is 12.5. The van der Waals surface area contributed by atoms with Crippen molar-refractivity contribution in [3.63, 3.8) is 0 Å². The van der Waals surface area contributed by atoms with Crippen molar-refractivity contribution in [2.24, 2.45) is 0 Å². The van der Waals surface area contributed by atoms with Crippen LogP contribution in [0.25, 0.3) is 22.1 Å². The molecule has 13 heteroatoms. The van der Waals surface area contributed by atoms with Crippen LogP contribution in [0.3, 0.4) is 0 Å². The second-order valence-corrected chi connectivity index (χ2v) is 7.65. The van der Waals surface area contributed by atoms with Crippen LogP contribution in [0.15, 0.2) is 16.5 Å². The first-order chi connectivity index (χ1) is 14.1. The Kier molecular flexibility index (Phi) is 5.07. The van der Waals surface area contributed by atoms with E-state index in [1.54, 1.807) is 12.1 Å². The van der Waals surface area contributed by atoms with Gasteiger partial charge in [0.15, 0.2) is 11.4 Å². The Bertz CT molecular complexity index is 1150. The molecule has 0 amide bonds. The van der Waals surface area contributed by atoms with E-state index >= 15 is 0 Å².